The number of H-pyrrole nitrogens is 1. The molecule has 0 radical (unpaired) electrons. The van der Waals surface area contributed by atoms with Crippen LogP contribution in [0.1, 0.15) is 29.8 Å². The fourth-order valence-electron chi connectivity index (χ4n) is 3.39. The van der Waals surface area contributed by atoms with Crippen LogP contribution in [0, 0.1) is 0 Å². The Hall–Kier alpha value is -2.53. The molecule has 0 fully saturated rings. The molecule has 0 unspecified atom stereocenters. The number of hydrogen-bond acceptors (Lipinski definition) is 5. The minimum absolute atomic E-state index is 0.106. The van der Waals surface area contributed by atoms with Crippen LogP contribution >= 0.6 is 22.6 Å². The van der Waals surface area contributed by atoms with E-state index in [1.165, 1.54) is 5.56 Å². The molecule has 1 aromatic carbocycles. The first-order chi connectivity index (χ1) is 14.5. The molecule has 4 aromatic rings. The Labute approximate surface area is 187 Å². The molecule has 1 atom stereocenters. The van der Waals surface area contributed by atoms with Crippen LogP contribution in [-0.4, -0.2) is 49.9 Å². The SMILES string of the molecule is CCOC[C@H](C)NC(=O)c1c[nH]c2ncc(-c3nn(C)c4cc(CI)ccc34)nc12. The third kappa shape index (κ3) is 3.91. The highest BCUT2D eigenvalue weighted by atomic mass is 127. The normalized spacial score (nSPS) is 12.5. The van der Waals surface area contributed by atoms with Crippen molar-refractivity contribution in [2.75, 3.05) is 13.2 Å². The summed E-state index contributed by atoms with van der Waals surface area (Å²) in [5.41, 5.74) is 5.20. The van der Waals surface area contributed by atoms with Gasteiger partial charge in [-0.1, -0.05) is 34.7 Å². The molecule has 0 spiro atoms. The average molecular weight is 518 g/mol. The summed E-state index contributed by atoms with van der Waals surface area (Å²) >= 11 is 2.35. The molecule has 0 saturated carbocycles. The van der Waals surface area contributed by atoms with Crippen LogP contribution in [0.2, 0.25) is 0 Å². The minimum Gasteiger partial charge on any atom is -0.380 e. The van der Waals surface area contributed by atoms with Crippen molar-refractivity contribution >= 4 is 50.6 Å². The molecule has 0 aliphatic heterocycles. The largest absolute Gasteiger partial charge is 0.380 e. The van der Waals surface area contributed by atoms with Crippen molar-refractivity contribution in [3.05, 3.63) is 41.7 Å². The van der Waals surface area contributed by atoms with E-state index in [2.05, 4.69) is 61.2 Å². The van der Waals surface area contributed by atoms with Gasteiger partial charge in [-0.05, 0) is 25.5 Å². The summed E-state index contributed by atoms with van der Waals surface area (Å²) in [6.07, 6.45) is 3.33. The number of halogens is 1. The smallest absolute Gasteiger partial charge is 0.255 e. The van der Waals surface area contributed by atoms with Gasteiger partial charge < -0.3 is 15.0 Å². The molecule has 156 valence electrons. The van der Waals surface area contributed by atoms with E-state index in [-0.39, 0.29) is 11.9 Å². The number of nitrogens with zero attached hydrogens (tertiary/aromatic N) is 4. The highest BCUT2D eigenvalue weighted by Crippen LogP contribution is 2.28. The van der Waals surface area contributed by atoms with Crippen LogP contribution < -0.4 is 5.32 Å². The summed E-state index contributed by atoms with van der Waals surface area (Å²) in [4.78, 5) is 25.0. The van der Waals surface area contributed by atoms with Crippen molar-refractivity contribution in [1.29, 1.82) is 0 Å². The van der Waals surface area contributed by atoms with Gasteiger partial charge in [-0.2, -0.15) is 5.10 Å². The Morgan fingerprint density at radius 2 is 2.23 bits per heavy atom. The van der Waals surface area contributed by atoms with Crippen molar-refractivity contribution < 1.29 is 9.53 Å². The van der Waals surface area contributed by atoms with Crippen molar-refractivity contribution in [1.82, 2.24) is 30.0 Å². The van der Waals surface area contributed by atoms with E-state index in [4.69, 9.17) is 9.72 Å². The van der Waals surface area contributed by atoms with Crippen molar-refractivity contribution in [3.8, 4) is 11.4 Å². The lowest BCUT2D eigenvalue weighted by Crippen LogP contribution is -2.35. The Kier molecular flexibility index (Phi) is 6.00. The Morgan fingerprint density at radius 3 is 3.00 bits per heavy atom. The standard InChI is InChI=1S/C21H23IN6O2/c1-4-30-11-12(2)25-21(29)15-9-23-20-19(15)26-16(10-24-20)18-14-6-5-13(8-22)7-17(14)28(3)27-18/h5-7,9-10,12H,4,8,11H2,1-3H3,(H,23,24)(H,25,29)/t12-/m0/s1. The maximum Gasteiger partial charge on any atom is 0.255 e. The quantitative estimate of drug-likeness (QED) is 0.288. The molecule has 9 heteroatoms. The van der Waals surface area contributed by atoms with Crippen LogP contribution in [0.3, 0.4) is 0 Å². The van der Waals surface area contributed by atoms with E-state index < -0.39 is 0 Å². The van der Waals surface area contributed by atoms with Gasteiger partial charge in [-0.3, -0.25) is 9.48 Å². The number of hydrogen-bond donors (Lipinski definition) is 2. The molecule has 2 N–H and O–H groups in total. The van der Waals surface area contributed by atoms with Gasteiger partial charge in [0.25, 0.3) is 5.91 Å². The van der Waals surface area contributed by atoms with Crippen molar-refractivity contribution in [3.63, 3.8) is 0 Å². The highest BCUT2D eigenvalue weighted by molar-refractivity contribution is 14.1. The zero-order chi connectivity index (χ0) is 21.3. The Balaban J connectivity index is 1.71. The maximum atomic E-state index is 12.8. The van der Waals surface area contributed by atoms with E-state index in [9.17, 15) is 4.79 Å². The molecule has 3 aromatic heterocycles. The first-order valence-corrected chi connectivity index (χ1v) is 11.3. The van der Waals surface area contributed by atoms with E-state index in [1.54, 1.807) is 12.4 Å². The van der Waals surface area contributed by atoms with E-state index in [0.29, 0.717) is 35.6 Å². The lowest BCUT2D eigenvalue weighted by molar-refractivity contribution is 0.0873. The van der Waals surface area contributed by atoms with E-state index in [0.717, 1.165) is 21.0 Å². The van der Waals surface area contributed by atoms with Gasteiger partial charge in [0.1, 0.15) is 16.9 Å². The fourth-order valence-corrected chi connectivity index (χ4v) is 3.87. The number of nitrogens with one attached hydrogen (secondary N) is 2. The number of aryl methyl sites for hydroxylation is 1. The predicted molar refractivity (Wildman–Crippen MR) is 125 cm³/mol. The number of fused-ring (bicyclic) bond motifs is 2. The van der Waals surface area contributed by atoms with E-state index >= 15 is 0 Å². The molecule has 4 rings (SSSR count). The molecule has 3 heterocycles. The van der Waals surface area contributed by atoms with Crippen molar-refractivity contribution in [2.24, 2.45) is 7.05 Å². The Morgan fingerprint density at radius 1 is 1.40 bits per heavy atom. The summed E-state index contributed by atoms with van der Waals surface area (Å²) < 4.78 is 8.16. The first-order valence-electron chi connectivity index (χ1n) is 9.76. The number of alkyl halides is 1. The number of ether oxygens (including phenoxy) is 1. The third-order valence-corrected chi connectivity index (χ3v) is 5.77. The predicted octanol–water partition coefficient (Wildman–Crippen LogP) is 3.60. The first kappa shape index (κ1) is 20.7. The highest BCUT2D eigenvalue weighted by Gasteiger charge is 2.19. The summed E-state index contributed by atoms with van der Waals surface area (Å²) in [5.74, 6) is -0.211. The topological polar surface area (TPSA) is 97.7 Å². The summed E-state index contributed by atoms with van der Waals surface area (Å²) in [5, 5.41) is 8.62. The molecule has 0 aliphatic rings. The molecular weight excluding hydrogens is 495 g/mol. The number of amides is 1. The molecule has 0 aliphatic carbocycles. The van der Waals surface area contributed by atoms with Gasteiger partial charge in [0, 0.05) is 35.7 Å². The number of benzene rings is 1. The molecule has 0 saturated heterocycles. The van der Waals surface area contributed by atoms with Gasteiger partial charge in [-0.15, -0.1) is 0 Å². The second-order valence-electron chi connectivity index (χ2n) is 7.15. The molecular formula is C21H23IN6O2. The third-order valence-electron chi connectivity index (χ3n) is 4.89. The van der Waals surface area contributed by atoms with Gasteiger partial charge in [0.2, 0.25) is 0 Å². The number of carbonyl (C=O) groups is 1. The second-order valence-corrected chi connectivity index (χ2v) is 7.91. The minimum atomic E-state index is -0.211. The Bertz CT molecular complexity index is 1220. The lowest BCUT2D eigenvalue weighted by atomic mass is 10.1. The molecule has 30 heavy (non-hydrogen) atoms. The summed E-state index contributed by atoms with van der Waals surface area (Å²) in [6, 6.07) is 6.20. The van der Waals surface area contributed by atoms with Crippen LogP contribution in [0.15, 0.2) is 30.6 Å². The number of carbonyl (C=O) groups excluding carboxylic acids is 1. The zero-order valence-electron chi connectivity index (χ0n) is 17.1. The summed E-state index contributed by atoms with van der Waals surface area (Å²) in [7, 11) is 1.92. The monoisotopic (exact) mass is 518 g/mol. The van der Waals surface area contributed by atoms with Crippen LogP contribution in [0.5, 0.6) is 0 Å². The number of aromatic nitrogens is 5. The number of rotatable bonds is 7. The van der Waals surface area contributed by atoms with Gasteiger partial charge in [0.05, 0.1) is 23.9 Å². The van der Waals surface area contributed by atoms with Crippen LogP contribution in [-0.2, 0) is 16.2 Å². The molecule has 8 nitrogen and oxygen atoms in total. The van der Waals surface area contributed by atoms with Gasteiger partial charge in [-0.25, -0.2) is 9.97 Å². The van der Waals surface area contributed by atoms with Crippen LogP contribution in [0.4, 0.5) is 0 Å². The number of aromatic amines is 1. The zero-order valence-corrected chi connectivity index (χ0v) is 19.2. The fraction of sp³-hybridized carbons (Fsp3) is 0.333. The van der Waals surface area contributed by atoms with Gasteiger partial charge >= 0.3 is 0 Å². The van der Waals surface area contributed by atoms with Crippen molar-refractivity contribution in [2.45, 2.75) is 24.3 Å². The maximum absolute atomic E-state index is 12.8. The van der Waals surface area contributed by atoms with Crippen LogP contribution in [0.25, 0.3) is 33.5 Å². The molecule has 0 bridgehead atoms. The second kappa shape index (κ2) is 8.68. The van der Waals surface area contributed by atoms with Gasteiger partial charge in [0.15, 0.2) is 5.65 Å². The average Bonchev–Trinajstić information content (AvgIpc) is 3.32. The van der Waals surface area contributed by atoms with E-state index in [1.807, 2.05) is 25.6 Å². The summed E-state index contributed by atoms with van der Waals surface area (Å²) in [6.45, 7) is 4.90. The lowest BCUT2D eigenvalue weighted by Gasteiger charge is -2.13. The molecule has 1 amide bonds.